The fourth-order valence-electron chi connectivity index (χ4n) is 6.88. The molecule has 4 saturated carbocycles. The summed E-state index contributed by atoms with van der Waals surface area (Å²) in [5.41, 5.74) is 1.11. The maximum atomic E-state index is 13.2. The van der Waals surface area contributed by atoms with Gasteiger partial charge in [0.1, 0.15) is 5.82 Å². The molecule has 158 valence electrons. The number of hydrogen-bond acceptors (Lipinski definition) is 5. The molecule has 0 atom stereocenters. The predicted octanol–water partition coefficient (Wildman–Crippen LogP) is 3.15. The topological polar surface area (TPSA) is 61.4 Å². The molecule has 6 nitrogen and oxygen atoms in total. The highest BCUT2D eigenvalue weighted by Gasteiger charge is 2.51. The summed E-state index contributed by atoms with van der Waals surface area (Å²) in [6.45, 7) is 3.73. The first-order valence-electron chi connectivity index (χ1n) is 11.5. The van der Waals surface area contributed by atoms with Crippen LogP contribution in [-0.4, -0.2) is 48.6 Å². The van der Waals surface area contributed by atoms with Gasteiger partial charge in [-0.3, -0.25) is 4.79 Å². The van der Waals surface area contributed by atoms with Crippen LogP contribution >= 0.6 is 0 Å². The average Bonchev–Trinajstić information content (AvgIpc) is 2.66. The van der Waals surface area contributed by atoms with Gasteiger partial charge in [-0.05, 0) is 76.0 Å². The molecule has 1 aromatic rings. The maximum Gasteiger partial charge on any atom is 0.227 e. The molecule has 0 spiro atoms. The molecule has 2 heterocycles. The summed E-state index contributed by atoms with van der Waals surface area (Å²) in [5.74, 6) is 4.79. The largest absolute Gasteiger partial charge is 0.363 e. The number of rotatable bonds is 4. The first-order chi connectivity index (χ1) is 13.9. The van der Waals surface area contributed by atoms with Gasteiger partial charge in [0, 0.05) is 50.4 Å². The summed E-state index contributed by atoms with van der Waals surface area (Å²) in [7, 11) is 4.01. The molecule has 6 heteroatoms. The van der Waals surface area contributed by atoms with Gasteiger partial charge in [-0.1, -0.05) is 0 Å². The van der Waals surface area contributed by atoms with Crippen molar-refractivity contribution >= 4 is 17.7 Å². The van der Waals surface area contributed by atoms with Crippen molar-refractivity contribution in [3.8, 4) is 0 Å². The smallest absolute Gasteiger partial charge is 0.227 e. The van der Waals surface area contributed by atoms with Gasteiger partial charge in [-0.15, -0.1) is 0 Å². The van der Waals surface area contributed by atoms with Gasteiger partial charge in [0.15, 0.2) is 0 Å². The van der Waals surface area contributed by atoms with Crippen molar-refractivity contribution in [1.29, 1.82) is 0 Å². The summed E-state index contributed by atoms with van der Waals surface area (Å²) in [4.78, 5) is 26.8. The molecule has 6 rings (SSSR count). The monoisotopic (exact) mass is 397 g/mol. The van der Waals surface area contributed by atoms with Gasteiger partial charge in [-0.25, -0.2) is 4.98 Å². The third-order valence-corrected chi connectivity index (χ3v) is 7.86. The van der Waals surface area contributed by atoms with Crippen LogP contribution in [-0.2, 0) is 4.79 Å². The molecule has 1 aromatic heterocycles. The quantitative estimate of drug-likeness (QED) is 0.846. The number of carbonyl (C=O) groups is 1. The van der Waals surface area contributed by atoms with Crippen molar-refractivity contribution in [2.75, 3.05) is 37.0 Å². The van der Waals surface area contributed by atoms with E-state index in [0.717, 1.165) is 61.1 Å². The summed E-state index contributed by atoms with van der Waals surface area (Å²) in [5, 5.41) is 3.59. The Kier molecular flexibility index (Phi) is 4.71. The van der Waals surface area contributed by atoms with Crippen LogP contribution in [0.4, 0.5) is 11.8 Å². The minimum Gasteiger partial charge on any atom is -0.363 e. The summed E-state index contributed by atoms with van der Waals surface area (Å²) < 4.78 is 0. The van der Waals surface area contributed by atoms with Crippen LogP contribution in [0.25, 0.3) is 0 Å². The zero-order valence-electron chi connectivity index (χ0n) is 18.2. The van der Waals surface area contributed by atoms with Crippen molar-refractivity contribution in [1.82, 2.24) is 15.3 Å². The fourth-order valence-corrected chi connectivity index (χ4v) is 6.88. The second-order valence-corrected chi connectivity index (χ2v) is 10.5. The average molecular weight is 398 g/mol. The normalized spacial score (nSPS) is 33.8. The predicted molar refractivity (Wildman–Crippen MR) is 115 cm³/mol. The number of nitrogens with zero attached hydrogens (tertiary/aromatic N) is 4. The van der Waals surface area contributed by atoms with Gasteiger partial charge >= 0.3 is 0 Å². The van der Waals surface area contributed by atoms with Crippen molar-refractivity contribution in [2.24, 2.45) is 23.7 Å². The fraction of sp³-hybridized carbons (Fsp3) is 0.783. The Balaban J connectivity index is 1.21. The molecule has 0 radical (unpaired) electrons. The molecule has 1 amide bonds. The van der Waals surface area contributed by atoms with E-state index in [1.165, 1.54) is 38.5 Å². The van der Waals surface area contributed by atoms with E-state index in [2.05, 4.69) is 15.2 Å². The van der Waals surface area contributed by atoms with Crippen LogP contribution in [0, 0.1) is 30.6 Å². The second kappa shape index (κ2) is 7.13. The van der Waals surface area contributed by atoms with E-state index in [1.54, 1.807) is 0 Å². The van der Waals surface area contributed by atoms with Crippen molar-refractivity contribution in [3.63, 3.8) is 0 Å². The number of aromatic nitrogens is 2. The highest BCUT2D eigenvalue weighted by atomic mass is 16.2. The molecular formula is C23H35N5O. The van der Waals surface area contributed by atoms with Crippen LogP contribution in [0.15, 0.2) is 6.07 Å². The van der Waals surface area contributed by atoms with Gasteiger partial charge in [0.05, 0.1) is 0 Å². The van der Waals surface area contributed by atoms with E-state index in [9.17, 15) is 4.79 Å². The van der Waals surface area contributed by atoms with Gasteiger partial charge < -0.3 is 15.1 Å². The van der Waals surface area contributed by atoms with Gasteiger partial charge in [0.2, 0.25) is 11.9 Å². The minimum absolute atomic E-state index is 0.128. The Hall–Kier alpha value is -1.85. The highest BCUT2D eigenvalue weighted by Crippen LogP contribution is 2.55. The van der Waals surface area contributed by atoms with Crippen LogP contribution in [0.1, 0.15) is 57.1 Å². The van der Waals surface area contributed by atoms with E-state index in [0.29, 0.717) is 5.91 Å². The third-order valence-electron chi connectivity index (χ3n) is 7.86. The molecule has 4 aliphatic carbocycles. The van der Waals surface area contributed by atoms with Crippen molar-refractivity contribution in [3.05, 3.63) is 11.8 Å². The number of carbonyl (C=O) groups excluding carboxylic acids is 1. The summed E-state index contributed by atoms with van der Waals surface area (Å²) in [6.07, 6.45) is 9.73. The molecule has 5 fully saturated rings. The Labute approximate surface area is 174 Å². The molecule has 29 heavy (non-hydrogen) atoms. The molecule has 0 unspecified atom stereocenters. The number of nitrogens with one attached hydrogen (secondary N) is 1. The van der Waals surface area contributed by atoms with Crippen LogP contribution in [0.3, 0.4) is 0 Å². The van der Waals surface area contributed by atoms with Crippen LogP contribution < -0.4 is 15.1 Å². The van der Waals surface area contributed by atoms with Crippen LogP contribution in [0.2, 0.25) is 0 Å². The maximum absolute atomic E-state index is 13.2. The lowest BCUT2D eigenvalue weighted by Crippen LogP contribution is -2.61. The highest BCUT2D eigenvalue weighted by molar-refractivity contribution is 5.80. The Morgan fingerprint density at radius 3 is 2.21 bits per heavy atom. The standard InChI is InChI=1S/C23H35N5O/c1-15-8-20(27(2)3)25-22(24-15)28-6-4-19(5-7-28)21(29)26-23-12-16-9-17(13-23)11-18(10-16)14-23/h8,16-19H,4-7,9-14H2,1-3H3,(H,26,29). The first-order valence-corrected chi connectivity index (χ1v) is 11.5. The second-order valence-electron chi connectivity index (χ2n) is 10.5. The summed E-state index contributed by atoms with van der Waals surface area (Å²) >= 11 is 0. The number of amides is 1. The SMILES string of the molecule is Cc1cc(N(C)C)nc(N2CCC(C(=O)NC34CC5CC(CC(C5)C3)C4)CC2)n1. The van der Waals surface area contributed by atoms with Gasteiger partial charge in [-0.2, -0.15) is 4.98 Å². The number of aryl methyl sites for hydroxylation is 1. The lowest BCUT2D eigenvalue weighted by atomic mass is 9.53. The number of hydrogen-bond donors (Lipinski definition) is 1. The zero-order chi connectivity index (χ0) is 20.2. The zero-order valence-corrected chi connectivity index (χ0v) is 18.2. The van der Waals surface area contributed by atoms with E-state index >= 15 is 0 Å². The van der Waals surface area contributed by atoms with E-state index in [1.807, 2.05) is 32.0 Å². The molecule has 1 aliphatic heterocycles. The first kappa shape index (κ1) is 19.1. The lowest BCUT2D eigenvalue weighted by molar-refractivity contribution is -0.131. The molecular weight excluding hydrogens is 362 g/mol. The molecule has 1 N–H and O–H groups in total. The molecule has 4 bridgehead atoms. The molecule has 1 saturated heterocycles. The number of anilines is 2. The molecule has 0 aromatic carbocycles. The minimum atomic E-state index is 0.128. The number of piperidine rings is 1. The van der Waals surface area contributed by atoms with Crippen molar-refractivity contribution in [2.45, 2.75) is 63.8 Å². The molecule has 5 aliphatic rings. The Morgan fingerprint density at radius 1 is 1.07 bits per heavy atom. The Bertz CT molecular complexity index is 748. The lowest BCUT2D eigenvalue weighted by Gasteiger charge is -2.57. The van der Waals surface area contributed by atoms with Crippen molar-refractivity contribution < 1.29 is 4.79 Å². The van der Waals surface area contributed by atoms with E-state index in [4.69, 9.17) is 4.98 Å². The van der Waals surface area contributed by atoms with Crippen LogP contribution in [0.5, 0.6) is 0 Å². The van der Waals surface area contributed by atoms with Gasteiger partial charge in [0.25, 0.3) is 0 Å². The van der Waals surface area contributed by atoms with E-state index in [-0.39, 0.29) is 11.5 Å². The van der Waals surface area contributed by atoms with E-state index < -0.39 is 0 Å². The summed E-state index contributed by atoms with van der Waals surface area (Å²) in [6, 6.07) is 2.01. The Morgan fingerprint density at radius 2 is 1.66 bits per heavy atom. The third kappa shape index (κ3) is 3.71.